The number of ether oxygens (including phenoxy) is 1. The Labute approximate surface area is 138 Å². The van der Waals surface area contributed by atoms with Crippen LogP contribution in [0, 0.1) is 0 Å². The van der Waals surface area contributed by atoms with Crippen molar-refractivity contribution in [1.29, 1.82) is 0 Å². The van der Waals surface area contributed by atoms with Crippen LogP contribution in [0.1, 0.15) is 37.0 Å². The molecule has 0 aliphatic rings. The molecule has 0 saturated heterocycles. The van der Waals surface area contributed by atoms with Crippen LogP contribution < -0.4 is 5.73 Å². The van der Waals surface area contributed by atoms with Crippen molar-refractivity contribution < 1.29 is 19.4 Å². The van der Waals surface area contributed by atoms with Crippen LogP contribution >= 0.6 is 0 Å². The summed E-state index contributed by atoms with van der Waals surface area (Å²) in [6.07, 6.45) is 0.0854. The summed E-state index contributed by atoms with van der Waals surface area (Å²) in [6.45, 7) is 5.27. The van der Waals surface area contributed by atoms with E-state index in [0.29, 0.717) is 5.69 Å². The molecule has 0 saturated carbocycles. The first-order chi connectivity index (χ1) is 11.2. The fourth-order valence-electron chi connectivity index (χ4n) is 1.83. The van der Waals surface area contributed by atoms with Gasteiger partial charge in [-0.15, -0.1) is 15.0 Å². The van der Waals surface area contributed by atoms with E-state index < -0.39 is 23.6 Å². The summed E-state index contributed by atoms with van der Waals surface area (Å²) in [5.74, 6) is -1.27. The standard InChI is InChI=1S/C15H19N5O4/c1-15(2,3)24-14(23)11(16)8-12-17-19-20(18-12)10-6-4-9(5-7-10)13(21)22/h4-7,11H,8,16H2,1-3H3,(H,21,22)/t11-/m0/s1. The maximum Gasteiger partial charge on any atom is 0.335 e. The maximum absolute atomic E-state index is 11.9. The Hall–Kier alpha value is -2.81. The van der Waals surface area contributed by atoms with E-state index in [1.54, 1.807) is 32.9 Å². The van der Waals surface area contributed by atoms with E-state index in [1.807, 2.05) is 0 Å². The largest absolute Gasteiger partial charge is 0.478 e. The van der Waals surface area contributed by atoms with E-state index in [9.17, 15) is 9.59 Å². The number of carboxylic acids is 1. The molecular formula is C15H19N5O4. The lowest BCUT2D eigenvalue weighted by atomic mass is 10.1. The van der Waals surface area contributed by atoms with Gasteiger partial charge in [0.25, 0.3) is 0 Å². The number of nitrogens with zero attached hydrogens (tertiary/aromatic N) is 4. The van der Waals surface area contributed by atoms with Crippen LogP contribution in [0.4, 0.5) is 0 Å². The highest BCUT2D eigenvalue weighted by Crippen LogP contribution is 2.10. The summed E-state index contributed by atoms with van der Waals surface area (Å²) in [7, 11) is 0. The molecule has 2 aromatic rings. The first-order valence-corrected chi connectivity index (χ1v) is 7.27. The molecule has 2 rings (SSSR count). The Morgan fingerprint density at radius 1 is 1.29 bits per heavy atom. The van der Waals surface area contributed by atoms with Gasteiger partial charge >= 0.3 is 11.9 Å². The fraction of sp³-hybridized carbons (Fsp3) is 0.400. The normalized spacial score (nSPS) is 12.7. The van der Waals surface area contributed by atoms with Crippen molar-refractivity contribution in [2.75, 3.05) is 0 Å². The zero-order chi connectivity index (χ0) is 17.9. The van der Waals surface area contributed by atoms with Gasteiger partial charge in [-0.25, -0.2) is 4.79 Å². The molecule has 128 valence electrons. The van der Waals surface area contributed by atoms with E-state index in [-0.39, 0.29) is 17.8 Å². The van der Waals surface area contributed by atoms with Crippen LogP contribution in [0.3, 0.4) is 0 Å². The van der Waals surface area contributed by atoms with Crippen molar-refractivity contribution >= 4 is 11.9 Å². The van der Waals surface area contributed by atoms with Gasteiger partial charge < -0.3 is 15.6 Å². The Morgan fingerprint density at radius 3 is 2.46 bits per heavy atom. The summed E-state index contributed by atoms with van der Waals surface area (Å²) in [5, 5.41) is 20.7. The van der Waals surface area contributed by atoms with Crippen molar-refractivity contribution in [2.45, 2.75) is 38.8 Å². The smallest absolute Gasteiger partial charge is 0.335 e. The summed E-state index contributed by atoms with van der Waals surface area (Å²) < 4.78 is 5.20. The zero-order valence-electron chi connectivity index (χ0n) is 13.6. The van der Waals surface area contributed by atoms with Crippen LogP contribution in [0.25, 0.3) is 5.69 Å². The van der Waals surface area contributed by atoms with E-state index >= 15 is 0 Å². The molecule has 0 unspecified atom stereocenters. The van der Waals surface area contributed by atoms with Gasteiger partial charge in [0.15, 0.2) is 5.82 Å². The predicted octanol–water partition coefficient (Wildman–Crippen LogP) is 0.572. The number of esters is 1. The molecule has 0 radical (unpaired) electrons. The Balaban J connectivity index is 2.05. The molecule has 1 atom stereocenters. The monoisotopic (exact) mass is 333 g/mol. The first kappa shape index (κ1) is 17.5. The highest BCUT2D eigenvalue weighted by atomic mass is 16.6. The van der Waals surface area contributed by atoms with Gasteiger partial charge in [0.1, 0.15) is 11.6 Å². The number of aromatic carboxylic acids is 1. The zero-order valence-corrected chi connectivity index (χ0v) is 13.6. The number of carbonyl (C=O) groups excluding carboxylic acids is 1. The number of carboxylic acid groups (broad SMARTS) is 1. The number of nitrogens with two attached hydrogens (primary N) is 1. The second-order valence-corrected chi connectivity index (χ2v) is 6.19. The van der Waals surface area contributed by atoms with Crippen molar-refractivity contribution in [3.05, 3.63) is 35.7 Å². The van der Waals surface area contributed by atoms with Gasteiger partial charge in [-0.1, -0.05) is 0 Å². The molecular weight excluding hydrogens is 314 g/mol. The van der Waals surface area contributed by atoms with Crippen molar-refractivity contribution in [3.8, 4) is 5.69 Å². The second kappa shape index (κ2) is 6.75. The van der Waals surface area contributed by atoms with E-state index in [0.717, 1.165) is 0 Å². The summed E-state index contributed by atoms with van der Waals surface area (Å²) in [6, 6.07) is 5.10. The Kier molecular flexibility index (Phi) is 4.93. The number of aromatic nitrogens is 4. The molecule has 9 nitrogen and oxygen atoms in total. The summed E-state index contributed by atoms with van der Waals surface area (Å²) >= 11 is 0. The third kappa shape index (κ3) is 4.59. The molecule has 1 aromatic heterocycles. The molecule has 3 N–H and O–H groups in total. The van der Waals surface area contributed by atoms with Crippen molar-refractivity contribution in [2.24, 2.45) is 5.73 Å². The minimum atomic E-state index is -1.02. The molecule has 0 aliphatic carbocycles. The molecule has 0 fully saturated rings. The molecule has 1 aromatic carbocycles. The Bertz CT molecular complexity index is 733. The number of hydrogen-bond donors (Lipinski definition) is 2. The minimum absolute atomic E-state index is 0.0854. The predicted molar refractivity (Wildman–Crippen MR) is 83.6 cm³/mol. The fourth-order valence-corrected chi connectivity index (χ4v) is 1.83. The quantitative estimate of drug-likeness (QED) is 0.759. The van der Waals surface area contributed by atoms with Gasteiger partial charge in [0.2, 0.25) is 0 Å². The third-order valence-electron chi connectivity index (χ3n) is 2.91. The van der Waals surface area contributed by atoms with E-state index in [4.69, 9.17) is 15.6 Å². The first-order valence-electron chi connectivity index (χ1n) is 7.27. The number of benzene rings is 1. The molecule has 0 bridgehead atoms. The molecule has 0 spiro atoms. The van der Waals surface area contributed by atoms with Crippen molar-refractivity contribution in [3.63, 3.8) is 0 Å². The van der Waals surface area contributed by atoms with Crippen LogP contribution in [-0.4, -0.2) is 48.9 Å². The van der Waals surface area contributed by atoms with Crippen LogP contribution in [0.2, 0.25) is 0 Å². The highest BCUT2D eigenvalue weighted by molar-refractivity contribution is 5.87. The summed E-state index contributed by atoms with van der Waals surface area (Å²) in [4.78, 5) is 23.9. The third-order valence-corrected chi connectivity index (χ3v) is 2.91. The molecule has 1 heterocycles. The lowest BCUT2D eigenvalue weighted by molar-refractivity contribution is -0.156. The average Bonchev–Trinajstić information content (AvgIpc) is 2.94. The van der Waals surface area contributed by atoms with Gasteiger partial charge in [0, 0.05) is 6.42 Å². The average molecular weight is 333 g/mol. The van der Waals surface area contributed by atoms with Crippen LogP contribution in [-0.2, 0) is 16.0 Å². The number of rotatable bonds is 5. The van der Waals surface area contributed by atoms with Gasteiger partial charge in [0.05, 0.1) is 11.3 Å². The van der Waals surface area contributed by atoms with Gasteiger partial charge in [-0.05, 0) is 50.3 Å². The maximum atomic E-state index is 11.9. The minimum Gasteiger partial charge on any atom is -0.478 e. The Morgan fingerprint density at radius 2 is 1.92 bits per heavy atom. The summed E-state index contributed by atoms with van der Waals surface area (Å²) in [5.41, 5.74) is 5.89. The van der Waals surface area contributed by atoms with Gasteiger partial charge in [-0.3, -0.25) is 4.79 Å². The lowest BCUT2D eigenvalue weighted by Gasteiger charge is -2.21. The molecule has 9 heteroatoms. The van der Waals surface area contributed by atoms with Crippen LogP contribution in [0.5, 0.6) is 0 Å². The second-order valence-electron chi connectivity index (χ2n) is 6.19. The number of carbonyl (C=O) groups is 2. The van der Waals surface area contributed by atoms with Crippen LogP contribution in [0.15, 0.2) is 24.3 Å². The molecule has 0 amide bonds. The number of tetrazole rings is 1. The highest BCUT2D eigenvalue weighted by Gasteiger charge is 2.23. The van der Waals surface area contributed by atoms with Crippen molar-refractivity contribution in [1.82, 2.24) is 20.2 Å². The molecule has 24 heavy (non-hydrogen) atoms. The van der Waals surface area contributed by atoms with E-state index in [2.05, 4.69) is 15.4 Å². The molecule has 0 aliphatic heterocycles. The topological polar surface area (TPSA) is 133 Å². The van der Waals surface area contributed by atoms with E-state index in [1.165, 1.54) is 16.9 Å². The van der Waals surface area contributed by atoms with Gasteiger partial charge in [-0.2, -0.15) is 0 Å². The lowest BCUT2D eigenvalue weighted by Crippen LogP contribution is -2.39. The number of hydrogen-bond acceptors (Lipinski definition) is 7. The SMILES string of the molecule is CC(C)(C)OC(=O)[C@@H](N)Cc1nnn(-c2ccc(C(=O)O)cc2)n1.